The van der Waals surface area contributed by atoms with E-state index in [1.165, 1.54) is 0 Å². The molecule has 1 N–H and O–H groups in total. The van der Waals surface area contributed by atoms with Crippen LogP contribution in [0.15, 0.2) is 48.5 Å². The molecule has 0 saturated carbocycles. The van der Waals surface area contributed by atoms with Crippen molar-refractivity contribution in [2.75, 3.05) is 20.1 Å². The van der Waals surface area contributed by atoms with Gasteiger partial charge in [0.15, 0.2) is 5.78 Å². The van der Waals surface area contributed by atoms with Crippen molar-refractivity contribution in [3.05, 3.63) is 65.2 Å². The van der Waals surface area contributed by atoms with Crippen molar-refractivity contribution >= 4 is 5.78 Å². The number of phenols is 1. The fourth-order valence-electron chi connectivity index (χ4n) is 3.86. The maximum Gasteiger partial charge on any atom is 0.159 e. The monoisotopic (exact) mass is 352 g/mol. The number of hydrogen-bond donors (Lipinski definition) is 1. The van der Waals surface area contributed by atoms with E-state index in [0.29, 0.717) is 12.1 Å². The SMILES string of the molecule is CC(=O)c1ccc([C@H](c2cccc(O)c2)N2C[C@@H](C)N(C)C[C@@H]2C)cc1. The highest BCUT2D eigenvalue weighted by Crippen LogP contribution is 2.34. The van der Waals surface area contributed by atoms with Crippen molar-refractivity contribution < 1.29 is 9.90 Å². The van der Waals surface area contributed by atoms with Gasteiger partial charge in [-0.3, -0.25) is 9.69 Å². The molecule has 0 radical (unpaired) electrons. The van der Waals surface area contributed by atoms with Gasteiger partial charge in [0.2, 0.25) is 0 Å². The van der Waals surface area contributed by atoms with Crippen LogP contribution < -0.4 is 0 Å². The molecule has 0 bridgehead atoms. The summed E-state index contributed by atoms with van der Waals surface area (Å²) in [7, 11) is 2.17. The van der Waals surface area contributed by atoms with Crippen LogP contribution in [0.25, 0.3) is 0 Å². The first-order chi connectivity index (χ1) is 12.4. The van der Waals surface area contributed by atoms with Crippen molar-refractivity contribution in [3.63, 3.8) is 0 Å². The first-order valence-corrected chi connectivity index (χ1v) is 9.22. The predicted molar refractivity (Wildman–Crippen MR) is 105 cm³/mol. The Kier molecular flexibility index (Phi) is 5.44. The van der Waals surface area contributed by atoms with E-state index in [0.717, 1.165) is 29.8 Å². The van der Waals surface area contributed by atoms with Gasteiger partial charge in [0.25, 0.3) is 0 Å². The summed E-state index contributed by atoms with van der Waals surface area (Å²) in [6, 6.07) is 16.3. The van der Waals surface area contributed by atoms with Gasteiger partial charge in [-0.15, -0.1) is 0 Å². The molecule has 4 nitrogen and oxygen atoms in total. The highest BCUT2D eigenvalue weighted by molar-refractivity contribution is 5.94. The highest BCUT2D eigenvalue weighted by Gasteiger charge is 2.33. The molecule has 0 aliphatic carbocycles. The molecule has 26 heavy (non-hydrogen) atoms. The van der Waals surface area contributed by atoms with Gasteiger partial charge < -0.3 is 10.0 Å². The second-order valence-electron chi connectivity index (χ2n) is 7.51. The molecular weight excluding hydrogens is 324 g/mol. The Morgan fingerprint density at radius 2 is 1.73 bits per heavy atom. The van der Waals surface area contributed by atoms with Crippen molar-refractivity contribution in [1.82, 2.24) is 9.80 Å². The summed E-state index contributed by atoms with van der Waals surface area (Å²) in [6.45, 7) is 8.04. The van der Waals surface area contributed by atoms with E-state index in [-0.39, 0.29) is 17.6 Å². The first-order valence-electron chi connectivity index (χ1n) is 9.22. The number of Topliss-reactive ketones (excluding diaryl/α,β-unsaturated/α-hetero) is 1. The third-order valence-corrected chi connectivity index (χ3v) is 5.50. The quantitative estimate of drug-likeness (QED) is 0.852. The first kappa shape index (κ1) is 18.6. The minimum absolute atomic E-state index is 0.0502. The van der Waals surface area contributed by atoms with Crippen LogP contribution in [-0.4, -0.2) is 52.9 Å². The van der Waals surface area contributed by atoms with Crippen LogP contribution in [0.2, 0.25) is 0 Å². The summed E-state index contributed by atoms with van der Waals surface area (Å²) in [5.74, 6) is 0.356. The Balaban J connectivity index is 2.03. The van der Waals surface area contributed by atoms with E-state index in [1.807, 2.05) is 36.4 Å². The zero-order valence-corrected chi connectivity index (χ0v) is 16.0. The van der Waals surface area contributed by atoms with E-state index < -0.39 is 0 Å². The zero-order chi connectivity index (χ0) is 18.8. The maximum absolute atomic E-state index is 11.6. The lowest BCUT2D eigenvalue weighted by Gasteiger charge is -2.46. The van der Waals surface area contributed by atoms with Gasteiger partial charge in [0, 0.05) is 30.7 Å². The Morgan fingerprint density at radius 3 is 2.35 bits per heavy atom. The molecule has 0 amide bonds. The second kappa shape index (κ2) is 7.60. The number of piperazine rings is 1. The lowest BCUT2D eigenvalue weighted by molar-refractivity contribution is 0.0389. The smallest absolute Gasteiger partial charge is 0.159 e. The maximum atomic E-state index is 11.6. The fourth-order valence-corrected chi connectivity index (χ4v) is 3.86. The molecule has 1 fully saturated rings. The number of phenolic OH excluding ortho intramolecular Hbond substituents is 1. The molecule has 1 aliphatic rings. The van der Waals surface area contributed by atoms with Gasteiger partial charge in [-0.25, -0.2) is 0 Å². The molecule has 1 aliphatic heterocycles. The van der Waals surface area contributed by atoms with Gasteiger partial charge in [0.05, 0.1) is 6.04 Å². The van der Waals surface area contributed by atoms with Crippen molar-refractivity contribution in [3.8, 4) is 5.75 Å². The molecule has 138 valence electrons. The zero-order valence-electron chi connectivity index (χ0n) is 16.0. The van der Waals surface area contributed by atoms with Crippen molar-refractivity contribution in [1.29, 1.82) is 0 Å². The number of carbonyl (C=O) groups excluding carboxylic acids is 1. The Labute approximate surface area is 156 Å². The standard InChI is InChI=1S/C22H28N2O2/c1-15-14-24(16(2)13-23(15)4)22(20-6-5-7-21(26)12-20)19-10-8-18(9-11-19)17(3)25/h5-12,15-16,22,26H,13-14H2,1-4H3/t15-,16+,22-/m1/s1. The molecule has 4 heteroatoms. The molecule has 3 atom stereocenters. The Morgan fingerprint density at radius 1 is 1.04 bits per heavy atom. The van der Waals surface area contributed by atoms with Crippen LogP contribution >= 0.6 is 0 Å². The number of rotatable bonds is 4. The van der Waals surface area contributed by atoms with Gasteiger partial charge in [-0.1, -0.05) is 36.4 Å². The number of likely N-dealkylation sites (N-methyl/N-ethyl adjacent to an activating group) is 1. The highest BCUT2D eigenvalue weighted by atomic mass is 16.3. The average Bonchev–Trinajstić information content (AvgIpc) is 2.60. The summed E-state index contributed by atoms with van der Waals surface area (Å²) >= 11 is 0. The van der Waals surface area contributed by atoms with Crippen LogP contribution in [0.5, 0.6) is 5.75 Å². The van der Waals surface area contributed by atoms with E-state index in [2.05, 4.69) is 36.8 Å². The molecular formula is C22H28N2O2. The van der Waals surface area contributed by atoms with Gasteiger partial charge in [-0.2, -0.15) is 0 Å². The Bertz CT molecular complexity index is 772. The van der Waals surface area contributed by atoms with E-state index in [9.17, 15) is 9.90 Å². The number of nitrogens with zero attached hydrogens (tertiary/aromatic N) is 2. The number of aromatic hydroxyl groups is 1. The summed E-state index contributed by atoms with van der Waals surface area (Å²) in [5.41, 5.74) is 2.94. The lowest BCUT2D eigenvalue weighted by atomic mass is 9.92. The third kappa shape index (κ3) is 3.81. The fraction of sp³-hybridized carbons (Fsp3) is 0.409. The summed E-state index contributed by atoms with van der Waals surface area (Å²) in [6.07, 6.45) is 0. The summed E-state index contributed by atoms with van der Waals surface area (Å²) in [4.78, 5) is 16.5. The van der Waals surface area contributed by atoms with Crippen LogP contribution in [-0.2, 0) is 0 Å². The average molecular weight is 352 g/mol. The molecule has 0 aromatic heterocycles. The van der Waals surface area contributed by atoms with Crippen LogP contribution in [0, 0.1) is 0 Å². The van der Waals surface area contributed by atoms with Gasteiger partial charge in [-0.05, 0) is 51.1 Å². The second-order valence-corrected chi connectivity index (χ2v) is 7.51. The van der Waals surface area contributed by atoms with E-state index in [4.69, 9.17) is 0 Å². The van der Waals surface area contributed by atoms with Crippen LogP contribution in [0.3, 0.4) is 0 Å². The van der Waals surface area contributed by atoms with Gasteiger partial charge in [0.1, 0.15) is 5.75 Å². The lowest BCUT2D eigenvalue weighted by Crippen LogP contribution is -2.55. The number of hydrogen-bond acceptors (Lipinski definition) is 4. The molecule has 0 unspecified atom stereocenters. The number of benzene rings is 2. The van der Waals surface area contributed by atoms with Crippen molar-refractivity contribution in [2.45, 2.75) is 38.9 Å². The van der Waals surface area contributed by atoms with Crippen LogP contribution in [0.4, 0.5) is 0 Å². The molecule has 2 aromatic carbocycles. The van der Waals surface area contributed by atoms with E-state index >= 15 is 0 Å². The minimum Gasteiger partial charge on any atom is -0.508 e. The topological polar surface area (TPSA) is 43.8 Å². The molecule has 1 heterocycles. The molecule has 0 spiro atoms. The van der Waals surface area contributed by atoms with Gasteiger partial charge >= 0.3 is 0 Å². The molecule has 3 rings (SSSR count). The largest absolute Gasteiger partial charge is 0.508 e. The summed E-state index contributed by atoms with van der Waals surface area (Å²) < 4.78 is 0. The van der Waals surface area contributed by atoms with E-state index in [1.54, 1.807) is 13.0 Å². The number of carbonyl (C=O) groups is 1. The van der Waals surface area contributed by atoms with Crippen LogP contribution in [0.1, 0.15) is 48.3 Å². The number of ketones is 1. The Hall–Kier alpha value is -2.17. The summed E-state index contributed by atoms with van der Waals surface area (Å²) in [5, 5.41) is 10.0. The molecule has 2 aromatic rings. The normalized spacial score (nSPS) is 22.9. The molecule has 1 saturated heterocycles. The minimum atomic E-state index is 0.0502. The third-order valence-electron chi connectivity index (χ3n) is 5.50. The predicted octanol–water partition coefficient (Wildman–Crippen LogP) is 3.71. The van der Waals surface area contributed by atoms with Crippen molar-refractivity contribution in [2.24, 2.45) is 0 Å².